The highest BCUT2D eigenvalue weighted by atomic mass is 16.3. The van der Waals surface area contributed by atoms with Crippen molar-refractivity contribution in [2.75, 3.05) is 0 Å². The third kappa shape index (κ3) is 12.0. The first-order chi connectivity index (χ1) is 67.0. The highest BCUT2D eigenvalue weighted by Crippen LogP contribution is 2.55. The second-order valence-corrected chi connectivity index (χ2v) is 36.1. The summed E-state index contributed by atoms with van der Waals surface area (Å²) in [6.45, 7) is 0. The van der Waals surface area contributed by atoms with Gasteiger partial charge in [0.15, 0.2) is 0 Å². The first-order valence-corrected chi connectivity index (χ1v) is 46.6. The molecule has 3 heterocycles. The van der Waals surface area contributed by atoms with Gasteiger partial charge in [0.1, 0.15) is 33.5 Å². The fraction of sp³-hybridized carbons (Fsp3) is 0. The van der Waals surface area contributed by atoms with Crippen molar-refractivity contribution in [3.8, 4) is 100 Å². The molecule has 624 valence electrons. The van der Waals surface area contributed by atoms with E-state index in [2.05, 4.69) is 473 Å². The van der Waals surface area contributed by atoms with Crippen LogP contribution in [0.15, 0.2) is 486 Å². The summed E-state index contributed by atoms with van der Waals surface area (Å²) in [6.07, 6.45) is 0. The molecule has 0 unspecified atom stereocenters. The Morgan fingerprint density at radius 1 is 0.104 bits per heavy atom. The van der Waals surface area contributed by atoms with Crippen LogP contribution in [0.3, 0.4) is 0 Å². The molecule has 30 rings (SSSR count). The molecule has 0 atom stereocenters. The summed E-state index contributed by atoms with van der Waals surface area (Å²) in [5.41, 5.74) is 28.1. The molecule has 0 N–H and O–H groups in total. The Bertz CT molecular complexity index is 9900. The van der Waals surface area contributed by atoms with Crippen molar-refractivity contribution in [3.63, 3.8) is 0 Å². The van der Waals surface area contributed by atoms with E-state index in [1.807, 2.05) is 0 Å². The topological polar surface area (TPSA) is 39.4 Å². The molecule has 0 amide bonds. The summed E-state index contributed by atoms with van der Waals surface area (Å²) in [7, 11) is 0. The van der Waals surface area contributed by atoms with E-state index in [1.165, 1.54) is 262 Å². The Balaban J connectivity index is 0.000000101. The Kier molecular flexibility index (Phi) is 17.2. The lowest BCUT2D eigenvalue weighted by Crippen LogP contribution is -1.94. The first-order valence-electron chi connectivity index (χ1n) is 46.6. The molecule has 0 spiro atoms. The van der Waals surface area contributed by atoms with Crippen LogP contribution in [-0.2, 0) is 0 Å². The van der Waals surface area contributed by atoms with Gasteiger partial charge in [-0.1, -0.05) is 382 Å². The van der Waals surface area contributed by atoms with Gasteiger partial charge in [0.25, 0.3) is 0 Å². The predicted molar refractivity (Wildman–Crippen MR) is 574 cm³/mol. The second-order valence-electron chi connectivity index (χ2n) is 36.1. The molecule has 0 aliphatic carbocycles. The average molecular weight is 1710 g/mol. The van der Waals surface area contributed by atoms with Crippen molar-refractivity contribution in [3.05, 3.63) is 473 Å². The molecule has 0 saturated heterocycles. The van der Waals surface area contributed by atoms with Crippen LogP contribution >= 0.6 is 0 Å². The molecule has 30 aromatic rings. The van der Waals surface area contributed by atoms with E-state index >= 15 is 0 Å². The Morgan fingerprint density at radius 2 is 0.348 bits per heavy atom. The minimum atomic E-state index is 0.939. The van der Waals surface area contributed by atoms with E-state index in [4.69, 9.17) is 13.3 Å². The van der Waals surface area contributed by atoms with Gasteiger partial charge in [0, 0.05) is 32.3 Å². The number of hydrogen-bond donors (Lipinski definition) is 0. The SMILES string of the molecule is c1ccc(-c2cc(-c3c4ccccc4c(-c4cc5cccc6oc7cccc4c7c56)c4ccccc34)cc3ccccc23)cc1.c1ccc(-c2cc3ccccc3cc2-c2c3ccccc3c(-c3cc4cccc5oc6cccc3c6c45)c3ccccc23)cc1.c1ccc(-c2ccc3cc(-c4c5ccccc5c(-c5cc6cccc7oc8cccc5c8c67)c5ccccc45)ccc3c2)cc1. The van der Waals surface area contributed by atoms with Gasteiger partial charge in [-0.25, -0.2) is 0 Å². The molecular formula is C132H78O3. The normalized spacial score (nSPS) is 12.0. The van der Waals surface area contributed by atoms with Crippen LogP contribution in [0.1, 0.15) is 0 Å². The lowest BCUT2D eigenvalue weighted by molar-refractivity contribution is 0.669. The molecular weight excluding hydrogens is 1630 g/mol. The Morgan fingerprint density at radius 3 is 0.733 bits per heavy atom. The van der Waals surface area contributed by atoms with E-state index in [0.29, 0.717) is 0 Å². The van der Waals surface area contributed by atoms with Crippen LogP contribution in [-0.4, -0.2) is 0 Å². The van der Waals surface area contributed by atoms with Gasteiger partial charge in [0.05, 0.1) is 0 Å². The van der Waals surface area contributed by atoms with Crippen molar-refractivity contribution in [2.24, 2.45) is 0 Å². The lowest BCUT2D eigenvalue weighted by atomic mass is 9.82. The van der Waals surface area contributed by atoms with Crippen LogP contribution in [0.5, 0.6) is 0 Å². The molecule has 3 heteroatoms. The van der Waals surface area contributed by atoms with E-state index < -0.39 is 0 Å². The smallest absolute Gasteiger partial charge is 0.136 e. The van der Waals surface area contributed by atoms with Crippen LogP contribution in [0.4, 0.5) is 0 Å². The van der Waals surface area contributed by atoms with Gasteiger partial charge in [-0.2, -0.15) is 0 Å². The van der Waals surface area contributed by atoms with E-state index in [9.17, 15) is 0 Å². The van der Waals surface area contributed by atoms with E-state index in [-0.39, 0.29) is 0 Å². The van der Waals surface area contributed by atoms with E-state index in [0.717, 1.165) is 33.5 Å². The predicted octanol–water partition coefficient (Wildman–Crippen LogP) is 37.9. The molecule has 0 aliphatic rings. The summed E-state index contributed by atoms with van der Waals surface area (Å²) in [5.74, 6) is 0. The molecule has 0 bridgehead atoms. The largest absolute Gasteiger partial charge is 0.456 e. The maximum atomic E-state index is 6.35. The fourth-order valence-electron chi connectivity index (χ4n) is 23.0. The third-order valence-electron chi connectivity index (χ3n) is 28.7. The van der Waals surface area contributed by atoms with Crippen molar-refractivity contribution in [2.45, 2.75) is 0 Å². The molecule has 135 heavy (non-hydrogen) atoms. The maximum Gasteiger partial charge on any atom is 0.136 e. The Labute approximate surface area is 776 Å². The number of fused-ring (bicyclic) bond motifs is 9. The molecule has 3 nitrogen and oxygen atoms in total. The lowest BCUT2D eigenvalue weighted by Gasteiger charge is -2.21. The molecule has 0 fully saturated rings. The van der Waals surface area contributed by atoms with Crippen molar-refractivity contribution in [1.29, 1.82) is 0 Å². The highest BCUT2D eigenvalue weighted by molar-refractivity contribution is 6.35. The zero-order chi connectivity index (χ0) is 88.5. The fourth-order valence-corrected chi connectivity index (χ4v) is 23.0. The van der Waals surface area contributed by atoms with Crippen molar-refractivity contribution >= 4 is 195 Å². The second kappa shape index (κ2) is 30.4. The summed E-state index contributed by atoms with van der Waals surface area (Å²) < 4.78 is 19.0. The minimum absolute atomic E-state index is 0.939. The van der Waals surface area contributed by atoms with Gasteiger partial charge in [-0.05, 0) is 320 Å². The van der Waals surface area contributed by atoms with E-state index in [1.54, 1.807) is 0 Å². The number of furan rings is 3. The van der Waals surface area contributed by atoms with Crippen LogP contribution in [0.2, 0.25) is 0 Å². The van der Waals surface area contributed by atoms with Crippen LogP contribution < -0.4 is 0 Å². The first kappa shape index (κ1) is 76.1. The molecule has 27 aromatic carbocycles. The zero-order valence-electron chi connectivity index (χ0n) is 73.3. The average Bonchev–Trinajstić information content (AvgIpc) is 1.58. The van der Waals surface area contributed by atoms with Gasteiger partial charge in [-0.3, -0.25) is 0 Å². The van der Waals surface area contributed by atoms with Gasteiger partial charge in [-0.15, -0.1) is 0 Å². The summed E-state index contributed by atoms with van der Waals surface area (Å²) >= 11 is 0. The minimum Gasteiger partial charge on any atom is -0.456 e. The molecule has 0 radical (unpaired) electrons. The Hall–Kier alpha value is -17.8. The number of hydrogen-bond acceptors (Lipinski definition) is 3. The highest BCUT2D eigenvalue weighted by Gasteiger charge is 2.29. The summed E-state index contributed by atoms with van der Waals surface area (Å²) in [4.78, 5) is 0. The number of benzene rings is 27. The summed E-state index contributed by atoms with van der Waals surface area (Å²) in [5, 5.41) is 37.1. The molecule has 0 aliphatic heterocycles. The van der Waals surface area contributed by atoms with Crippen LogP contribution in [0, 0.1) is 0 Å². The standard InChI is InChI=1S/3C44H26O/c1-2-10-27(11-3-1)28-20-21-30-25-32(23-22-29(30)24-28)41-33-13-4-6-15-35(33)43(36-16-7-5-14-34(36)41)38-26-31-12-8-18-39-42(31)44-37(38)17-9-19-40(44)45-39;1-2-12-27(13-3-1)37-26-30(24-28-14-4-5-16-31(28)37)41-32-17-6-8-19-34(32)43(35-20-9-7-18-33(35)41)38-25-29-15-10-22-39-42(29)44-36(38)21-11-23-40(44)45-39;1-2-12-27(13-3-1)36-24-28-14-4-5-15-29(28)25-38(36)43-33-19-8-6-17-31(33)42(32-18-7-9-20-34(32)43)37-26-30-16-10-22-39-41(30)44-35(37)21-11-23-40(44)45-39/h3*1-26H. The summed E-state index contributed by atoms with van der Waals surface area (Å²) in [6, 6.07) is 172. The third-order valence-corrected chi connectivity index (χ3v) is 28.7. The number of rotatable bonds is 9. The molecule has 3 aromatic heterocycles. The van der Waals surface area contributed by atoms with Crippen molar-refractivity contribution in [1.82, 2.24) is 0 Å². The van der Waals surface area contributed by atoms with Gasteiger partial charge in [0.2, 0.25) is 0 Å². The van der Waals surface area contributed by atoms with Gasteiger partial charge >= 0.3 is 0 Å². The van der Waals surface area contributed by atoms with Crippen LogP contribution in [0.25, 0.3) is 295 Å². The zero-order valence-corrected chi connectivity index (χ0v) is 73.3. The van der Waals surface area contributed by atoms with Crippen molar-refractivity contribution < 1.29 is 13.3 Å². The van der Waals surface area contributed by atoms with Gasteiger partial charge < -0.3 is 13.3 Å². The molecule has 0 saturated carbocycles. The monoisotopic (exact) mass is 1710 g/mol. The maximum absolute atomic E-state index is 6.35. The quantitative estimate of drug-likeness (QED) is 0.107.